The van der Waals surface area contributed by atoms with Crippen LogP contribution in [-0.4, -0.2) is 126 Å². The molecule has 0 radical (unpaired) electrons. The van der Waals surface area contributed by atoms with Crippen LogP contribution in [0.1, 0.15) is 67.2 Å². The minimum Gasteiger partial charge on any atom is -0.503 e. The predicted octanol–water partition coefficient (Wildman–Crippen LogP) is -3.82. The van der Waals surface area contributed by atoms with E-state index in [-0.39, 0.29) is 56.6 Å². The lowest BCUT2D eigenvalue weighted by Gasteiger charge is -2.14. The maximum atomic E-state index is 11.1. The molecule has 6 atom stereocenters. The number of aliphatic hydroxyl groups is 2. The first kappa shape index (κ1) is 53.9. The molecular formula is C36H62N8O15+2. The Morgan fingerprint density at radius 1 is 0.661 bits per heavy atom. The second-order valence-electron chi connectivity index (χ2n) is 13.5. The van der Waals surface area contributed by atoms with E-state index in [0.29, 0.717) is 68.3 Å². The van der Waals surface area contributed by atoms with Gasteiger partial charge in [0.15, 0.2) is 30.4 Å². The van der Waals surface area contributed by atoms with Crippen LogP contribution in [0, 0.1) is 0 Å². The summed E-state index contributed by atoms with van der Waals surface area (Å²) in [6.45, 7) is 0.277. The van der Waals surface area contributed by atoms with E-state index in [1.54, 1.807) is 21.5 Å². The first-order valence-corrected chi connectivity index (χ1v) is 18.6. The minimum atomic E-state index is -1.22. The maximum Gasteiger partial charge on any atom is 0.320 e. The Labute approximate surface area is 340 Å². The number of aliphatic hydroxyl groups excluding tert-OH is 2. The standard InChI is InChI=1S/C18H28N4O7.C17H30N4O6.CH2O2/c19-12(16(24)25)3-1-2-6-22-8-10(4-5-13(20)17(26)27)11(15(23)9-22)7-14(21)18(28)29;18-6-5-13-11(1-4-16(20)27-10-22)7-21(9-15(13)24)8-12(23)2-3-14(19)17(25)26;2-1-3/h8-9,12-14H,1-7,19-21H2,(H3-,23,24,25,26,27,28,29);7,9,12,14,16,22-23H,1-6,8,10,18-20H2,(H-,24,25,26);1H,(H,2,3)/p+2. The lowest BCUT2D eigenvalue weighted by molar-refractivity contribution is -0.704. The van der Waals surface area contributed by atoms with Crippen LogP contribution in [0.15, 0.2) is 24.8 Å². The number of hydrogen-bond acceptors (Lipinski definition) is 16. The van der Waals surface area contributed by atoms with Crippen molar-refractivity contribution in [2.45, 2.75) is 120 Å². The molecule has 0 aliphatic heterocycles. The number of pyridine rings is 2. The van der Waals surface area contributed by atoms with Crippen LogP contribution in [0.2, 0.25) is 0 Å². The number of rotatable bonds is 26. The monoisotopic (exact) mass is 846 g/mol. The van der Waals surface area contributed by atoms with E-state index < -0.39 is 67.2 Å². The highest BCUT2D eigenvalue weighted by molar-refractivity contribution is 5.74. The van der Waals surface area contributed by atoms with Crippen LogP contribution in [0.3, 0.4) is 0 Å². The smallest absolute Gasteiger partial charge is 0.320 e. The number of ether oxygens (including phenoxy) is 1. The van der Waals surface area contributed by atoms with Gasteiger partial charge < -0.3 is 85.1 Å². The van der Waals surface area contributed by atoms with Crippen molar-refractivity contribution in [3.8, 4) is 11.5 Å². The molecule has 2 aromatic rings. The number of nitrogens with zero attached hydrogens (tertiary/aromatic N) is 2. The number of unbranched alkanes of at least 4 members (excludes halogenated alkanes) is 1. The van der Waals surface area contributed by atoms with Crippen molar-refractivity contribution < 1.29 is 83.8 Å². The first-order chi connectivity index (χ1) is 27.7. The van der Waals surface area contributed by atoms with Crippen molar-refractivity contribution in [3.05, 3.63) is 47.0 Å². The molecular weight excluding hydrogens is 784 g/mol. The highest BCUT2D eigenvalue weighted by Gasteiger charge is 2.24. The molecule has 59 heavy (non-hydrogen) atoms. The Bertz CT molecular complexity index is 1620. The summed E-state index contributed by atoms with van der Waals surface area (Å²) in [7, 11) is 0. The average Bonchev–Trinajstić information content (AvgIpc) is 3.16. The normalized spacial score (nSPS) is 13.9. The fourth-order valence-corrected chi connectivity index (χ4v) is 5.59. The van der Waals surface area contributed by atoms with Crippen LogP contribution in [0.5, 0.6) is 11.5 Å². The number of aryl methyl sites for hydroxylation is 3. The maximum absolute atomic E-state index is 11.1. The summed E-state index contributed by atoms with van der Waals surface area (Å²) >= 11 is 0. The molecule has 0 saturated heterocycles. The zero-order valence-corrected chi connectivity index (χ0v) is 32.8. The third-order valence-electron chi connectivity index (χ3n) is 8.83. The summed E-state index contributed by atoms with van der Waals surface area (Å²) in [5, 5.41) is 82.0. The summed E-state index contributed by atoms with van der Waals surface area (Å²) in [5.41, 5.74) is 35.8. The van der Waals surface area contributed by atoms with Crippen molar-refractivity contribution in [3.63, 3.8) is 0 Å². The molecule has 23 nitrogen and oxygen atoms in total. The molecule has 0 aliphatic carbocycles. The van der Waals surface area contributed by atoms with Crippen molar-refractivity contribution in [2.24, 2.45) is 34.4 Å². The van der Waals surface area contributed by atoms with Gasteiger partial charge in [-0.2, -0.15) is 4.57 Å². The molecule has 0 saturated carbocycles. The van der Waals surface area contributed by atoms with Gasteiger partial charge in [0.2, 0.25) is 12.4 Å². The SMILES string of the molecule is NC(CCCC[n+]1cc(O)c(CC(N)C(=O)O)c(CCC(N)C(=O)O)c1)C(=O)O.NCCc1c(O)c[n+](CC(O)CCC(N)C(=O)O)cc1CCC(N)OCO.O=CO. The van der Waals surface area contributed by atoms with Gasteiger partial charge in [0.25, 0.3) is 6.47 Å². The fraction of sp³-hybridized carbons (Fsp3) is 0.583. The first-order valence-electron chi connectivity index (χ1n) is 18.6. The molecule has 0 fully saturated rings. The van der Waals surface area contributed by atoms with Gasteiger partial charge >= 0.3 is 23.9 Å². The molecule has 0 bridgehead atoms. The number of nitrogens with two attached hydrogens (primary N) is 6. The Kier molecular flexibility index (Phi) is 26.6. The van der Waals surface area contributed by atoms with E-state index in [2.05, 4.69) is 0 Å². The van der Waals surface area contributed by atoms with Gasteiger partial charge in [0.05, 0.1) is 0 Å². The molecule has 21 N–H and O–H groups in total. The second-order valence-corrected chi connectivity index (χ2v) is 13.5. The van der Waals surface area contributed by atoms with Gasteiger partial charge in [-0.25, -0.2) is 4.57 Å². The second kappa shape index (κ2) is 29.2. The van der Waals surface area contributed by atoms with E-state index in [1.807, 2.05) is 0 Å². The van der Waals surface area contributed by atoms with Crippen molar-refractivity contribution in [1.29, 1.82) is 0 Å². The summed E-state index contributed by atoms with van der Waals surface area (Å²) in [6.07, 6.45) is 8.40. The van der Waals surface area contributed by atoms with Crippen LogP contribution < -0.4 is 43.5 Å². The number of hydrogen-bond donors (Lipinski definition) is 15. The average molecular weight is 847 g/mol. The van der Waals surface area contributed by atoms with Crippen molar-refractivity contribution in [1.82, 2.24) is 0 Å². The van der Waals surface area contributed by atoms with Gasteiger partial charge in [-0.3, -0.25) is 24.0 Å². The third kappa shape index (κ3) is 22.0. The molecule has 0 spiro atoms. The zero-order chi connectivity index (χ0) is 45.2. The van der Waals surface area contributed by atoms with Gasteiger partial charge in [0, 0.05) is 35.1 Å². The van der Waals surface area contributed by atoms with E-state index >= 15 is 0 Å². The van der Waals surface area contributed by atoms with E-state index in [9.17, 15) is 34.5 Å². The predicted molar refractivity (Wildman–Crippen MR) is 206 cm³/mol. The molecule has 2 heterocycles. The molecule has 2 rings (SSSR count). The number of carboxylic acid groups (broad SMARTS) is 5. The lowest BCUT2D eigenvalue weighted by atomic mass is 9.96. The third-order valence-corrected chi connectivity index (χ3v) is 8.83. The number of aromatic nitrogens is 2. The minimum absolute atomic E-state index is 0.0593. The van der Waals surface area contributed by atoms with E-state index in [0.717, 1.165) is 5.56 Å². The molecule has 23 heteroatoms. The van der Waals surface area contributed by atoms with Gasteiger partial charge in [-0.15, -0.1) is 0 Å². The number of carboxylic acids is 4. The highest BCUT2D eigenvalue weighted by Crippen LogP contribution is 2.23. The fourth-order valence-electron chi connectivity index (χ4n) is 5.59. The van der Waals surface area contributed by atoms with Crippen LogP contribution >= 0.6 is 0 Å². The Morgan fingerprint density at radius 2 is 1.14 bits per heavy atom. The highest BCUT2D eigenvalue weighted by atomic mass is 16.6. The molecule has 334 valence electrons. The zero-order valence-electron chi connectivity index (χ0n) is 32.8. The van der Waals surface area contributed by atoms with E-state index in [4.69, 9.17) is 74.6 Å². The number of aliphatic carboxylic acids is 4. The van der Waals surface area contributed by atoms with Gasteiger partial charge in [0.1, 0.15) is 49.8 Å². The van der Waals surface area contributed by atoms with Crippen LogP contribution in [0.4, 0.5) is 0 Å². The van der Waals surface area contributed by atoms with Crippen molar-refractivity contribution in [2.75, 3.05) is 13.3 Å². The molecule has 0 aromatic carbocycles. The lowest BCUT2D eigenvalue weighted by Crippen LogP contribution is -2.41. The molecule has 2 aromatic heterocycles. The van der Waals surface area contributed by atoms with Crippen molar-refractivity contribution >= 4 is 30.3 Å². The number of carbonyl (C=O) groups is 5. The Hall–Kier alpha value is -5.11. The summed E-state index contributed by atoms with van der Waals surface area (Å²) in [6, 6.07) is -4.26. The molecule has 0 amide bonds. The molecule has 0 aliphatic rings. The Morgan fingerprint density at radius 3 is 1.68 bits per heavy atom. The van der Waals surface area contributed by atoms with Gasteiger partial charge in [-0.1, -0.05) is 0 Å². The topological polar surface area (TPSA) is 441 Å². The van der Waals surface area contributed by atoms with E-state index in [1.165, 1.54) is 12.4 Å². The summed E-state index contributed by atoms with van der Waals surface area (Å²) in [5.74, 6) is -4.64. The molecule has 6 unspecified atom stereocenters. The van der Waals surface area contributed by atoms with Gasteiger partial charge in [-0.05, 0) is 64.3 Å². The number of aromatic hydroxyl groups is 2. The quantitative estimate of drug-likeness (QED) is 0.0187. The Balaban J connectivity index is 0.00000107. The largest absolute Gasteiger partial charge is 0.503 e. The summed E-state index contributed by atoms with van der Waals surface area (Å²) in [4.78, 5) is 51.9. The van der Waals surface area contributed by atoms with Crippen LogP contribution in [0.25, 0.3) is 0 Å². The van der Waals surface area contributed by atoms with Crippen LogP contribution in [-0.2, 0) is 67.5 Å². The summed E-state index contributed by atoms with van der Waals surface area (Å²) < 4.78 is 8.22.